The Kier molecular flexibility index (Phi) is 4.81. The molecule has 3 aromatic rings. The van der Waals surface area contributed by atoms with E-state index in [4.69, 9.17) is 0 Å². The van der Waals surface area contributed by atoms with Crippen molar-refractivity contribution in [3.63, 3.8) is 0 Å². The van der Waals surface area contributed by atoms with Crippen LogP contribution in [0.3, 0.4) is 0 Å². The van der Waals surface area contributed by atoms with Gasteiger partial charge in [0, 0.05) is 25.6 Å². The average molecular weight is 408 g/mol. The quantitative estimate of drug-likeness (QED) is 0.637. The van der Waals surface area contributed by atoms with Crippen molar-refractivity contribution in [1.82, 2.24) is 19.7 Å². The van der Waals surface area contributed by atoms with Crippen LogP contribution in [0.25, 0.3) is 22.5 Å². The van der Waals surface area contributed by atoms with Gasteiger partial charge in [-0.2, -0.15) is 0 Å². The molecule has 154 valence electrons. The number of rotatable bonds is 5. The number of carbonyl (C=O) groups excluding carboxylic acids is 1. The second kappa shape index (κ2) is 7.63. The lowest BCUT2D eigenvalue weighted by molar-refractivity contribution is -0.131. The molecule has 0 unspecified atom stereocenters. The van der Waals surface area contributed by atoms with E-state index in [-0.39, 0.29) is 17.6 Å². The molecule has 1 saturated carbocycles. The highest BCUT2D eigenvalue weighted by Crippen LogP contribution is 2.33. The molecule has 0 radical (unpaired) electrons. The zero-order valence-corrected chi connectivity index (χ0v) is 16.5. The van der Waals surface area contributed by atoms with Crippen LogP contribution in [-0.4, -0.2) is 38.7 Å². The lowest BCUT2D eigenvalue weighted by Crippen LogP contribution is -2.30. The van der Waals surface area contributed by atoms with Crippen LogP contribution in [0.2, 0.25) is 0 Å². The molecule has 5 rings (SSSR count). The molecule has 1 aliphatic heterocycles. The van der Waals surface area contributed by atoms with Crippen molar-refractivity contribution in [2.45, 2.75) is 25.8 Å². The van der Waals surface area contributed by atoms with Crippen molar-refractivity contribution >= 4 is 5.91 Å². The first kappa shape index (κ1) is 18.9. The van der Waals surface area contributed by atoms with E-state index in [2.05, 4.69) is 10.2 Å². The maximum absolute atomic E-state index is 14.9. The Morgan fingerprint density at radius 1 is 1.03 bits per heavy atom. The first-order chi connectivity index (χ1) is 14.6. The lowest BCUT2D eigenvalue weighted by Gasteiger charge is -2.17. The molecule has 2 aliphatic rings. The van der Waals surface area contributed by atoms with Crippen LogP contribution >= 0.6 is 0 Å². The summed E-state index contributed by atoms with van der Waals surface area (Å²) in [7, 11) is 0. The van der Waals surface area contributed by atoms with Gasteiger partial charge in [0.1, 0.15) is 18.0 Å². The highest BCUT2D eigenvalue weighted by molar-refractivity contribution is 5.81. The minimum absolute atomic E-state index is 0.239. The van der Waals surface area contributed by atoms with Gasteiger partial charge in [-0.25, -0.2) is 8.78 Å². The molecule has 30 heavy (non-hydrogen) atoms. The van der Waals surface area contributed by atoms with Crippen LogP contribution < -0.4 is 0 Å². The zero-order chi connectivity index (χ0) is 20.7. The number of hydrogen-bond donors (Lipinski definition) is 0. The number of amides is 1. The van der Waals surface area contributed by atoms with Crippen LogP contribution in [0.5, 0.6) is 0 Å². The SMILES string of the molecule is O=C(C1CC1)N1CC[C@H](Cn2cnnc2-c2ccc(-c3ccc(F)cc3)cc2F)C1. The van der Waals surface area contributed by atoms with Crippen molar-refractivity contribution in [3.05, 3.63) is 60.4 Å². The van der Waals surface area contributed by atoms with Gasteiger partial charge < -0.3 is 9.47 Å². The highest BCUT2D eigenvalue weighted by atomic mass is 19.1. The summed E-state index contributed by atoms with van der Waals surface area (Å²) in [6, 6.07) is 10.9. The van der Waals surface area contributed by atoms with Crippen LogP contribution in [0, 0.1) is 23.5 Å². The van der Waals surface area contributed by atoms with Gasteiger partial charge in [0.25, 0.3) is 0 Å². The first-order valence-corrected chi connectivity index (χ1v) is 10.3. The van der Waals surface area contributed by atoms with Gasteiger partial charge in [-0.15, -0.1) is 10.2 Å². The fourth-order valence-corrected chi connectivity index (χ4v) is 4.16. The third-order valence-electron chi connectivity index (χ3n) is 5.98. The Morgan fingerprint density at radius 2 is 1.80 bits per heavy atom. The summed E-state index contributed by atoms with van der Waals surface area (Å²) in [6.45, 7) is 2.17. The molecule has 1 aliphatic carbocycles. The Balaban J connectivity index is 1.33. The van der Waals surface area contributed by atoms with Crippen molar-refractivity contribution in [2.24, 2.45) is 11.8 Å². The molecule has 1 atom stereocenters. The largest absolute Gasteiger partial charge is 0.342 e. The molecule has 1 saturated heterocycles. The van der Waals surface area contributed by atoms with Crippen molar-refractivity contribution in [3.8, 4) is 22.5 Å². The van der Waals surface area contributed by atoms with Crippen LogP contribution in [0.1, 0.15) is 19.3 Å². The molecule has 7 heteroatoms. The van der Waals surface area contributed by atoms with E-state index in [1.165, 1.54) is 18.2 Å². The van der Waals surface area contributed by atoms with Crippen molar-refractivity contribution in [1.29, 1.82) is 0 Å². The Bertz CT molecular complexity index is 1080. The topological polar surface area (TPSA) is 51.0 Å². The number of likely N-dealkylation sites (tertiary alicyclic amines) is 1. The van der Waals surface area contributed by atoms with Gasteiger partial charge >= 0.3 is 0 Å². The minimum Gasteiger partial charge on any atom is -0.342 e. The number of aromatic nitrogens is 3. The number of benzene rings is 2. The predicted molar refractivity (Wildman–Crippen MR) is 108 cm³/mol. The summed E-state index contributed by atoms with van der Waals surface area (Å²) in [5, 5.41) is 8.13. The maximum Gasteiger partial charge on any atom is 0.225 e. The van der Waals surface area contributed by atoms with Crippen LogP contribution in [0.4, 0.5) is 8.78 Å². The summed E-state index contributed by atoms with van der Waals surface area (Å²) >= 11 is 0. The van der Waals surface area contributed by atoms with Gasteiger partial charge in [0.05, 0.1) is 5.56 Å². The highest BCUT2D eigenvalue weighted by Gasteiger charge is 2.36. The summed E-state index contributed by atoms with van der Waals surface area (Å²) in [5.74, 6) is 0.581. The fourth-order valence-electron chi connectivity index (χ4n) is 4.16. The van der Waals surface area contributed by atoms with Gasteiger partial charge in [-0.3, -0.25) is 4.79 Å². The first-order valence-electron chi connectivity index (χ1n) is 10.3. The van der Waals surface area contributed by atoms with Gasteiger partial charge in [-0.1, -0.05) is 18.2 Å². The van der Waals surface area contributed by atoms with Crippen LogP contribution in [0.15, 0.2) is 48.8 Å². The normalized spacial score (nSPS) is 18.7. The second-order valence-electron chi connectivity index (χ2n) is 8.22. The minimum atomic E-state index is -0.400. The summed E-state index contributed by atoms with van der Waals surface area (Å²) < 4.78 is 29.9. The number of nitrogens with zero attached hydrogens (tertiary/aromatic N) is 4. The van der Waals surface area contributed by atoms with Crippen LogP contribution in [-0.2, 0) is 11.3 Å². The fraction of sp³-hybridized carbons (Fsp3) is 0.348. The molecule has 0 bridgehead atoms. The van der Waals surface area contributed by atoms with Gasteiger partial charge in [-0.05, 0) is 60.6 Å². The summed E-state index contributed by atoms with van der Waals surface area (Å²) in [6.07, 6.45) is 4.58. The van der Waals surface area contributed by atoms with E-state index in [0.717, 1.165) is 37.9 Å². The van der Waals surface area contributed by atoms with Gasteiger partial charge in [0.2, 0.25) is 5.91 Å². The standard InChI is InChI=1S/C23H22F2N4O/c24-19-6-3-16(4-7-19)18-5-8-20(21(25)11-18)22-27-26-14-29(22)13-15-9-10-28(12-15)23(30)17-1-2-17/h3-8,11,14-15,17H,1-2,9-10,12-13H2/t15-/m0/s1. The molecule has 0 N–H and O–H groups in total. The predicted octanol–water partition coefficient (Wildman–Crippen LogP) is 4.15. The molecule has 1 aromatic heterocycles. The Hall–Kier alpha value is -3.09. The molecular weight excluding hydrogens is 386 g/mol. The zero-order valence-electron chi connectivity index (χ0n) is 16.5. The third-order valence-corrected chi connectivity index (χ3v) is 5.98. The Labute approximate surface area is 173 Å². The molecule has 1 amide bonds. The van der Waals surface area contributed by atoms with Crippen molar-refractivity contribution < 1.29 is 13.6 Å². The monoisotopic (exact) mass is 408 g/mol. The molecule has 2 heterocycles. The summed E-state index contributed by atoms with van der Waals surface area (Å²) in [4.78, 5) is 14.2. The van der Waals surface area contributed by atoms with E-state index < -0.39 is 5.82 Å². The number of hydrogen-bond acceptors (Lipinski definition) is 3. The number of halogens is 2. The number of carbonyl (C=O) groups is 1. The van der Waals surface area contributed by atoms with E-state index in [1.807, 2.05) is 9.47 Å². The molecule has 2 fully saturated rings. The van der Waals surface area contributed by atoms with E-state index >= 15 is 0 Å². The van der Waals surface area contributed by atoms with E-state index in [0.29, 0.717) is 29.4 Å². The molecule has 0 spiro atoms. The second-order valence-corrected chi connectivity index (χ2v) is 8.22. The summed E-state index contributed by atoms with van der Waals surface area (Å²) in [5.41, 5.74) is 1.80. The molecule has 5 nitrogen and oxygen atoms in total. The average Bonchev–Trinajstić information content (AvgIpc) is 3.33. The lowest BCUT2D eigenvalue weighted by atomic mass is 10.0. The molecule has 2 aromatic carbocycles. The Morgan fingerprint density at radius 3 is 2.53 bits per heavy atom. The smallest absolute Gasteiger partial charge is 0.225 e. The molecular formula is C23H22F2N4O. The van der Waals surface area contributed by atoms with E-state index in [9.17, 15) is 13.6 Å². The van der Waals surface area contributed by atoms with Gasteiger partial charge in [0.15, 0.2) is 5.82 Å². The van der Waals surface area contributed by atoms with E-state index in [1.54, 1.807) is 30.6 Å². The van der Waals surface area contributed by atoms with Crippen molar-refractivity contribution in [2.75, 3.05) is 13.1 Å². The maximum atomic E-state index is 14.9. The third kappa shape index (κ3) is 3.72.